The number of carboxylic acid groups (broad SMARTS) is 1. The second-order valence-electron chi connectivity index (χ2n) is 7.14. The van der Waals surface area contributed by atoms with Crippen LogP contribution in [0.5, 0.6) is 5.75 Å². The zero-order valence-corrected chi connectivity index (χ0v) is 15.4. The van der Waals surface area contributed by atoms with Crippen LogP contribution in [-0.2, 0) is 11.4 Å². The number of carbonyl (C=O) groups excluding carboxylic acids is 1. The number of aryl methyl sites for hydroxylation is 1. The van der Waals surface area contributed by atoms with Gasteiger partial charge in [-0.2, -0.15) is 0 Å². The molecule has 1 aliphatic carbocycles. The molecule has 1 aromatic heterocycles. The van der Waals surface area contributed by atoms with E-state index in [1.54, 1.807) is 24.4 Å². The predicted octanol–water partition coefficient (Wildman–Crippen LogP) is 3.49. The van der Waals surface area contributed by atoms with Gasteiger partial charge in [-0.05, 0) is 49.6 Å². The third kappa shape index (κ3) is 5.06. The Bertz CT molecular complexity index is 811. The maximum absolute atomic E-state index is 12.7. The molecule has 1 fully saturated rings. The molecule has 1 aliphatic rings. The van der Waals surface area contributed by atoms with Crippen LogP contribution in [-0.4, -0.2) is 27.5 Å². The molecule has 2 N–H and O–H groups in total. The van der Waals surface area contributed by atoms with E-state index in [1.807, 2.05) is 25.1 Å². The number of hydrogen-bond acceptors (Lipinski definition) is 4. The van der Waals surface area contributed by atoms with Gasteiger partial charge in [0.2, 0.25) is 0 Å². The third-order valence-electron chi connectivity index (χ3n) is 4.91. The average molecular weight is 368 g/mol. The van der Waals surface area contributed by atoms with Crippen LogP contribution in [0.3, 0.4) is 0 Å². The number of amides is 1. The summed E-state index contributed by atoms with van der Waals surface area (Å²) in [5.74, 6) is -0.454. The molecule has 1 amide bonds. The lowest BCUT2D eigenvalue weighted by molar-refractivity contribution is -0.138. The first kappa shape index (κ1) is 18.9. The van der Waals surface area contributed by atoms with Gasteiger partial charge < -0.3 is 15.2 Å². The second-order valence-corrected chi connectivity index (χ2v) is 7.14. The molecule has 0 radical (unpaired) electrons. The summed E-state index contributed by atoms with van der Waals surface area (Å²) in [5, 5.41) is 12.2. The lowest BCUT2D eigenvalue weighted by Gasteiger charge is -2.28. The lowest BCUT2D eigenvalue weighted by atomic mass is 9.92. The molecule has 0 unspecified atom stereocenters. The van der Waals surface area contributed by atoms with Gasteiger partial charge in [0.1, 0.15) is 12.4 Å². The van der Waals surface area contributed by atoms with Gasteiger partial charge in [0, 0.05) is 11.3 Å². The minimum absolute atomic E-state index is 0.0397. The summed E-state index contributed by atoms with van der Waals surface area (Å²) >= 11 is 0. The van der Waals surface area contributed by atoms with Gasteiger partial charge in [-0.3, -0.25) is 14.6 Å². The van der Waals surface area contributed by atoms with Gasteiger partial charge in [0.05, 0.1) is 18.2 Å². The summed E-state index contributed by atoms with van der Waals surface area (Å²) in [6, 6.07) is 10.9. The minimum atomic E-state index is -0.883. The molecule has 0 aliphatic heterocycles. The highest BCUT2D eigenvalue weighted by Gasteiger charge is 2.37. The smallest absolute Gasteiger partial charge is 0.305 e. The standard InChI is InChI=1S/C21H24N2O4/c1-15-7-8-18(13-22-15)27-14-16-5-4-6-17(11-16)20(26)23-21(12-19(24)25)9-2-3-10-21/h4-8,11,13H,2-3,9-10,12,14H2,1H3,(H,23,26)(H,24,25). The van der Waals surface area contributed by atoms with Crippen molar-refractivity contribution < 1.29 is 19.4 Å². The summed E-state index contributed by atoms with van der Waals surface area (Å²) in [4.78, 5) is 28.1. The molecule has 6 heteroatoms. The number of rotatable bonds is 7. The number of benzene rings is 1. The molecule has 0 bridgehead atoms. The van der Waals surface area contributed by atoms with Crippen LogP contribution < -0.4 is 10.1 Å². The first-order valence-corrected chi connectivity index (χ1v) is 9.14. The quantitative estimate of drug-likeness (QED) is 0.781. The van der Waals surface area contributed by atoms with E-state index in [4.69, 9.17) is 4.74 Å². The first-order valence-electron chi connectivity index (χ1n) is 9.14. The van der Waals surface area contributed by atoms with E-state index in [1.165, 1.54) is 0 Å². The Morgan fingerprint density at radius 3 is 2.67 bits per heavy atom. The monoisotopic (exact) mass is 368 g/mol. The molecule has 142 valence electrons. The van der Waals surface area contributed by atoms with Crippen LogP contribution in [0.1, 0.15) is 53.7 Å². The fourth-order valence-corrected chi connectivity index (χ4v) is 3.51. The van der Waals surface area contributed by atoms with Crippen LogP contribution in [0.15, 0.2) is 42.6 Å². The zero-order valence-electron chi connectivity index (χ0n) is 15.4. The van der Waals surface area contributed by atoms with Crippen LogP contribution in [0.25, 0.3) is 0 Å². The number of carboxylic acids is 1. The molecule has 3 rings (SSSR count). The summed E-state index contributed by atoms with van der Waals surface area (Å²) in [6.45, 7) is 2.24. The normalized spacial score (nSPS) is 15.3. The Labute approximate surface area is 158 Å². The highest BCUT2D eigenvalue weighted by atomic mass is 16.5. The third-order valence-corrected chi connectivity index (χ3v) is 4.91. The Kier molecular flexibility index (Phi) is 5.74. The number of aliphatic carboxylic acids is 1. The van der Waals surface area contributed by atoms with Gasteiger partial charge in [0.15, 0.2) is 0 Å². The predicted molar refractivity (Wildman–Crippen MR) is 101 cm³/mol. The van der Waals surface area contributed by atoms with Crippen LogP contribution in [0.4, 0.5) is 0 Å². The van der Waals surface area contributed by atoms with Crippen molar-refractivity contribution in [3.8, 4) is 5.75 Å². The van der Waals surface area contributed by atoms with Crippen molar-refractivity contribution in [2.75, 3.05) is 0 Å². The topological polar surface area (TPSA) is 88.5 Å². The number of pyridine rings is 1. The highest BCUT2D eigenvalue weighted by molar-refractivity contribution is 5.95. The van der Waals surface area contributed by atoms with Gasteiger partial charge >= 0.3 is 5.97 Å². The van der Waals surface area contributed by atoms with E-state index in [0.717, 1.165) is 24.1 Å². The summed E-state index contributed by atoms with van der Waals surface area (Å²) < 4.78 is 5.72. The summed E-state index contributed by atoms with van der Waals surface area (Å²) in [7, 11) is 0. The molecule has 0 saturated heterocycles. The van der Waals surface area contributed by atoms with Crippen molar-refractivity contribution in [2.24, 2.45) is 0 Å². The molecule has 27 heavy (non-hydrogen) atoms. The molecular weight excluding hydrogens is 344 g/mol. The number of aromatic nitrogens is 1. The Morgan fingerprint density at radius 1 is 1.22 bits per heavy atom. The fourth-order valence-electron chi connectivity index (χ4n) is 3.51. The SMILES string of the molecule is Cc1ccc(OCc2cccc(C(=O)NC3(CC(=O)O)CCCC3)c2)cn1. The number of nitrogens with zero attached hydrogens (tertiary/aromatic N) is 1. The molecular formula is C21H24N2O4. The van der Waals surface area contributed by atoms with E-state index in [2.05, 4.69) is 10.3 Å². The zero-order chi connectivity index (χ0) is 19.3. The van der Waals surface area contributed by atoms with E-state index < -0.39 is 11.5 Å². The van der Waals surface area contributed by atoms with Crippen molar-refractivity contribution in [1.82, 2.24) is 10.3 Å². The van der Waals surface area contributed by atoms with Crippen molar-refractivity contribution in [3.05, 3.63) is 59.4 Å². The van der Waals surface area contributed by atoms with Gasteiger partial charge in [-0.25, -0.2) is 0 Å². The Balaban J connectivity index is 1.66. The maximum atomic E-state index is 12.7. The van der Waals surface area contributed by atoms with Gasteiger partial charge in [-0.15, -0.1) is 0 Å². The van der Waals surface area contributed by atoms with Crippen molar-refractivity contribution >= 4 is 11.9 Å². The van der Waals surface area contributed by atoms with Crippen LogP contribution in [0.2, 0.25) is 0 Å². The van der Waals surface area contributed by atoms with Crippen molar-refractivity contribution in [2.45, 2.75) is 51.2 Å². The molecule has 1 heterocycles. The average Bonchev–Trinajstić information content (AvgIpc) is 3.08. The highest BCUT2D eigenvalue weighted by Crippen LogP contribution is 2.33. The Morgan fingerprint density at radius 2 is 2.00 bits per heavy atom. The molecule has 0 spiro atoms. The van der Waals surface area contributed by atoms with E-state index >= 15 is 0 Å². The maximum Gasteiger partial charge on any atom is 0.305 e. The van der Waals surface area contributed by atoms with Gasteiger partial charge in [0.25, 0.3) is 5.91 Å². The number of hydrogen-bond donors (Lipinski definition) is 2. The molecule has 1 saturated carbocycles. The van der Waals surface area contributed by atoms with Gasteiger partial charge in [-0.1, -0.05) is 25.0 Å². The summed E-state index contributed by atoms with van der Waals surface area (Å²) in [5.41, 5.74) is 1.66. The minimum Gasteiger partial charge on any atom is -0.487 e. The van der Waals surface area contributed by atoms with E-state index in [0.29, 0.717) is 30.8 Å². The van der Waals surface area contributed by atoms with Crippen molar-refractivity contribution in [3.63, 3.8) is 0 Å². The molecule has 6 nitrogen and oxygen atoms in total. The molecule has 1 aromatic carbocycles. The number of carbonyl (C=O) groups is 2. The first-order chi connectivity index (χ1) is 13.0. The molecule has 2 aromatic rings. The Hall–Kier alpha value is -2.89. The lowest BCUT2D eigenvalue weighted by Crippen LogP contribution is -2.47. The molecule has 0 atom stereocenters. The van der Waals surface area contributed by atoms with E-state index in [-0.39, 0.29) is 12.3 Å². The number of nitrogens with one attached hydrogen (secondary N) is 1. The van der Waals surface area contributed by atoms with Crippen molar-refractivity contribution in [1.29, 1.82) is 0 Å². The van der Waals surface area contributed by atoms with E-state index in [9.17, 15) is 14.7 Å². The fraction of sp³-hybridized carbons (Fsp3) is 0.381. The summed E-state index contributed by atoms with van der Waals surface area (Å²) in [6.07, 6.45) is 4.91. The van der Waals surface area contributed by atoms with Crippen LogP contribution >= 0.6 is 0 Å². The van der Waals surface area contributed by atoms with Crippen LogP contribution in [0, 0.1) is 6.92 Å². The largest absolute Gasteiger partial charge is 0.487 e. The second kappa shape index (κ2) is 8.20. The number of ether oxygens (including phenoxy) is 1.